The second-order valence-corrected chi connectivity index (χ2v) is 5.13. The van der Waals surface area contributed by atoms with Crippen LogP contribution < -0.4 is 0 Å². The van der Waals surface area contributed by atoms with Crippen LogP contribution in [0.4, 0.5) is 4.39 Å². The number of halogens is 1. The van der Waals surface area contributed by atoms with Gasteiger partial charge in [-0.05, 0) is 12.1 Å². The molecule has 0 radical (unpaired) electrons. The summed E-state index contributed by atoms with van der Waals surface area (Å²) in [7, 11) is -4.12. The molecule has 1 aromatic rings. The number of carbonyl (C=O) groups excluding carboxylic acids is 1. The SMILES string of the molecule is CS(=O)(=O)c1c(O)ccc(C(=O)C(=O)O)c1F. The van der Waals surface area contributed by atoms with Crippen molar-refractivity contribution >= 4 is 21.6 Å². The number of sulfone groups is 1. The average Bonchev–Trinajstić information content (AvgIpc) is 2.14. The van der Waals surface area contributed by atoms with Crippen molar-refractivity contribution in [2.45, 2.75) is 4.90 Å². The molecular formula is C9H7FO6S. The summed E-state index contributed by atoms with van der Waals surface area (Å²) in [6.45, 7) is 0. The standard InChI is InChI=1S/C9H7FO6S/c1-17(15,16)8-5(11)3-2-4(6(8)10)7(12)9(13)14/h2-3,11H,1H3,(H,13,14). The summed E-state index contributed by atoms with van der Waals surface area (Å²) in [5, 5.41) is 17.6. The summed E-state index contributed by atoms with van der Waals surface area (Å²) in [6, 6.07) is 1.45. The van der Waals surface area contributed by atoms with E-state index in [4.69, 9.17) is 5.11 Å². The molecule has 0 fully saturated rings. The van der Waals surface area contributed by atoms with E-state index in [0.29, 0.717) is 12.3 Å². The maximum absolute atomic E-state index is 13.6. The van der Waals surface area contributed by atoms with E-state index < -0.39 is 43.6 Å². The summed E-state index contributed by atoms with van der Waals surface area (Å²) in [5.74, 6) is -5.96. The van der Waals surface area contributed by atoms with Crippen LogP contribution in [0.15, 0.2) is 17.0 Å². The molecule has 8 heteroatoms. The molecule has 0 amide bonds. The molecule has 0 spiro atoms. The molecule has 0 bridgehead atoms. The summed E-state index contributed by atoms with van der Waals surface area (Å²) in [5.41, 5.74) is -0.921. The van der Waals surface area contributed by atoms with Gasteiger partial charge in [0.25, 0.3) is 5.78 Å². The second-order valence-electron chi connectivity index (χ2n) is 3.18. The van der Waals surface area contributed by atoms with Gasteiger partial charge in [-0.25, -0.2) is 17.6 Å². The smallest absolute Gasteiger partial charge is 0.377 e. The van der Waals surface area contributed by atoms with Crippen LogP contribution >= 0.6 is 0 Å². The van der Waals surface area contributed by atoms with Crippen molar-refractivity contribution in [3.05, 3.63) is 23.5 Å². The first-order valence-electron chi connectivity index (χ1n) is 4.15. The fourth-order valence-electron chi connectivity index (χ4n) is 1.19. The minimum absolute atomic E-state index is 0.625. The predicted molar refractivity (Wildman–Crippen MR) is 53.1 cm³/mol. The summed E-state index contributed by atoms with van der Waals surface area (Å²) < 4.78 is 35.9. The molecule has 0 unspecified atom stereocenters. The highest BCUT2D eigenvalue weighted by molar-refractivity contribution is 7.90. The van der Waals surface area contributed by atoms with Crippen molar-refractivity contribution in [2.24, 2.45) is 0 Å². The van der Waals surface area contributed by atoms with Crippen LogP contribution in [0, 0.1) is 5.82 Å². The normalized spacial score (nSPS) is 11.2. The number of rotatable bonds is 3. The molecule has 0 saturated heterocycles. The zero-order chi connectivity index (χ0) is 13.4. The molecule has 0 aliphatic rings. The van der Waals surface area contributed by atoms with Crippen molar-refractivity contribution in [3.8, 4) is 5.75 Å². The number of aromatic hydroxyl groups is 1. The Morgan fingerprint density at radius 1 is 1.29 bits per heavy atom. The number of phenolic OH excluding ortho intramolecular Hbond substituents is 1. The Hall–Kier alpha value is -1.96. The number of Topliss-reactive ketones (excluding diaryl/α,β-unsaturated/α-hetero) is 1. The zero-order valence-electron chi connectivity index (χ0n) is 8.47. The molecule has 0 aliphatic heterocycles. The van der Waals surface area contributed by atoms with Gasteiger partial charge in [0.1, 0.15) is 10.6 Å². The quantitative estimate of drug-likeness (QED) is 0.595. The summed E-state index contributed by atoms with van der Waals surface area (Å²) in [6.07, 6.45) is 0.625. The van der Waals surface area contributed by atoms with Gasteiger partial charge in [0, 0.05) is 6.26 Å². The predicted octanol–water partition coefficient (Wildman–Crippen LogP) is 0.202. The van der Waals surface area contributed by atoms with E-state index in [0.717, 1.165) is 6.07 Å². The number of phenols is 1. The number of ketones is 1. The Balaban J connectivity index is 3.61. The number of benzene rings is 1. The third-order valence-corrected chi connectivity index (χ3v) is 3.02. The van der Waals surface area contributed by atoms with E-state index in [1.165, 1.54) is 0 Å². The molecule has 17 heavy (non-hydrogen) atoms. The minimum Gasteiger partial charge on any atom is -0.506 e. The lowest BCUT2D eigenvalue weighted by Gasteiger charge is -2.06. The molecular weight excluding hydrogens is 255 g/mol. The molecule has 0 aromatic heterocycles. The molecule has 1 aromatic carbocycles. The highest BCUT2D eigenvalue weighted by Crippen LogP contribution is 2.28. The van der Waals surface area contributed by atoms with Gasteiger partial charge in [-0.15, -0.1) is 0 Å². The van der Waals surface area contributed by atoms with Crippen LogP contribution in [-0.4, -0.2) is 36.6 Å². The fourth-order valence-corrected chi connectivity index (χ4v) is 2.07. The van der Waals surface area contributed by atoms with Crippen LogP contribution in [0.3, 0.4) is 0 Å². The number of carboxylic acid groups (broad SMARTS) is 1. The molecule has 0 heterocycles. The second kappa shape index (κ2) is 4.13. The van der Waals surface area contributed by atoms with Crippen molar-refractivity contribution in [1.29, 1.82) is 0 Å². The van der Waals surface area contributed by atoms with E-state index in [-0.39, 0.29) is 0 Å². The molecule has 0 aliphatic carbocycles. The molecule has 1 rings (SSSR count). The highest BCUT2D eigenvalue weighted by atomic mass is 32.2. The third-order valence-electron chi connectivity index (χ3n) is 1.89. The lowest BCUT2D eigenvalue weighted by atomic mass is 10.1. The third kappa shape index (κ3) is 2.41. The maximum Gasteiger partial charge on any atom is 0.377 e. The van der Waals surface area contributed by atoms with E-state index in [1.54, 1.807) is 0 Å². The van der Waals surface area contributed by atoms with Crippen molar-refractivity contribution < 1.29 is 32.6 Å². The Morgan fingerprint density at radius 2 is 1.82 bits per heavy atom. The first-order valence-corrected chi connectivity index (χ1v) is 6.04. The van der Waals surface area contributed by atoms with Gasteiger partial charge < -0.3 is 10.2 Å². The van der Waals surface area contributed by atoms with Crippen LogP contribution in [-0.2, 0) is 14.6 Å². The van der Waals surface area contributed by atoms with Crippen molar-refractivity contribution in [2.75, 3.05) is 6.26 Å². The van der Waals surface area contributed by atoms with Gasteiger partial charge in [0.2, 0.25) is 0 Å². The van der Waals surface area contributed by atoms with E-state index in [9.17, 15) is 27.5 Å². The highest BCUT2D eigenvalue weighted by Gasteiger charge is 2.27. The number of hydrogen-bond acceptors (Lipinski definition) is 5. The van der Waals surface area contributed by atoms with Gasteiger partial charge in [-0.3, -0.25) is 4.79 Å². The van der Waals surface area contributed by atoms with Crippen molar-refractivity contribution in [3.63, 3.8) is 0 Å². The molecule has 2 N–H and O–H groups in total. The van der Waals surface area contributed by atoms with Gasteiger partial charge in [-0.1, -0.05) is 0 Å². The Morgan fingerprint density at radius 3 is 2.24 bits per heavy atom. The van der Waals surface area contributed by atoms with Crippen LogP contribution in [0.2, 0.25) is 0 Å². The lowest BCUT2D eigenvalue weighted by Crippen LogP contribution is -2.16. The van der Waals surface area contributed by atoms with Gasteiger partial charge >= 0.3 is 5.97 Å². The fraction of sp³-hybridized carbons (Fsp3) is 0.111. The monoisotopic (exact) mass is 262 g/mol. The molecule has 92 valence electrons. The van der Waals surface area contributed by atoms with E-state index in [1.807, 2.05) is 0 Å². The van der Waals surface area contributed by atoms with E-state index >= 15 is 0 Å². The zero-order valence-corrected chi connectivity index (χ0v) is 9.28. The molecule has 0 atom stereocenters. The first kappa shape index (κ1) is 13.1. The Kier molecular flexibility index (Phi) is 3.18. The number of aliphatic carboxylic acids is 1. The maximum atomic E-state index is 13.6. The molecule has 0 saturated carbocycles. The molecule has 6 nitrogen and oxygen atoms in total. The van der Waals surface area contributed by atoms with Crippen LogP contribution in [0.25, 0.3) is 0 Å². The first-order chi connectivity index (χ1) is 7.66. The van der Waals surface area contributed by atoms with Crippen LogP contribution in [0.1, 0.15) is 10.4 Å². The van der Waals surface area contributed by atoms with E-state index in [2.05, 4.69) is 0 Å². The van der Waals surface area contributed by atoms with Gasteiger partial charge in [0.05, 0.1) is 5.56 Å². The average molecular weight is 262 g/mol. The number of hydrogen-bond donors (Lipinski definition) is 2. The number of carbonyl (C=O) groups is 2. The van der Waals surface area contributed by atoms with Gasteiger partial charge in [0.15, 0.2) is 15.7 Å². The minimum atomic E-state index is -4.12. The van der Waals surface area contributed by atoms with Crippen LogP contribution in [0.5, 0.6) is 5.75 Å². The van der Waals surface area contributed by atoms with Gasteiger partial charge in [-0.2, -0.15) is 0 Å². The lowest BCUT2D eigenvalue weighted by molar-refractivity contribution is -0.131. The number of carboxylic acids is 1. The summed E-state index contributed by atoms with van der Waals surface area (Å²) in [4.78, 5) is 20.3. The summed E-state index contributed by atoms with van der Waals surface area (Å²) >= 11 is 0. The Labute approximate surface area is 95.2 Å². The largest absolute Gasteiger partial charge is 0.506 e. The topological polar surface area (TPSA) is 109 Å². The van der Waals surface area contributed by atoms with Crippen molar-refractivity contribution in [1.82, 2.24) is 0 Å². The Bertz CT molecular complexity index is 604.